The third-order valence-electron chi connectivity index (χ3n) is 3.42. The summed E-state index contributed by atoms with van der Waals surface area (Å²) in [7, 11) is 2.76. The highest BCUT2D eigenvalue weighted by Crippen LogP contribution is 2.34. The number of benzene rings is 2. The van der Waals surface area contributed by atoms with Crippen molar-refractivity contribution in [3.63, 3.8) is 0 Å². The first-order valence-corrected chi connectivity index (χ1v) is 8.16. The van der Waals surface area contributed by atoms with E-state index in [9.17, 15) is 18.0 Å². The van der Waals surface area contributed by atoms with Crippen molar-refractivity contribution in [2.24, 2.45) is 0 Å². The van der Waals surface area contributed by atoms with Crippen LogP contribution in [0.4, 0.5) is 18.9 Å². The molecule has 5 nitrogen and oxygen atoms in total. The van der Waals surface area contributed by atoms with Gasteiger partial charge in [0.1, 0.15) is 17.1 Å². The number of hydrogen-bond acceptors (Lipinski definition) is 4. The molecule has 0 heterocycles. The van der Waals surface area contributed by atoms with Crippen molar-refractivity contribution >= 4 is 40.5 Å². The fraction of sp³-hybridized carbons (Fsp3) is 0.176. The normalized spacial score (nSPS) is 10.9. The van der Waals surface area contributed by atoms with Crippen LogP contribution in [0.15, 0.2) is 36.4 Å². The number of hydrogen-bond donors (Lipinski definition) is 2. The molecule has 27 heavy (non-hydrogen) atoms. The molecule has 0 aromatic heterocycles. The van der Waals surface area contributed by atoms with Crippen molar-refractivity contribution in [1.82, 2.24) is 5.32 Å². The molecule has 0 aliphatic heterocycles. The number of carbonyl (C=O) groups is 1. The van der Waals surface area contributed by atoms with E-state index < -0.39 is 17.6 Å². The maximum Gasteiger partial charge on any atom is 0.416 e. The summed E-state index contributed by atoms with van der Waals surface area (Å²) in [6.07, 6.45) is -4.54. The molecule has 0 aliphatic carbocycles. The number of thiocarbonyl (C=S) groups is 1. The highest BCUT2D eigenvalue weighted by molar-refractivity contribution is 7.80. The van der Waals surface area contributed by atoms with Crippen molar-refractivity contribution in [2.75, 3.05) is 19.5 Å². The molecular weight excluding hydrogens is 405 g/mol. The molecule has 0 saturated carbocycles. The first-order valence-electron chi connectivity index (χ1n) is 7.37. The van der Waals surface area contributed by atoms with Gasteiger partial charge in [-0.05, 0) is 42.5 Å². The van der Waals surface area contributed by atoms with Crippen molar-refractivity contribution in [3.8, 4) is 11.5 Å². The smallest absolute Gasteiger partial charge is 0.416 e. The zero-order valence-corrected chi connectivity index (χ0v) is 15.7. The Morgan fingerprint density at radius 2 is 1.70 bits per heavy atom. The van der Waals surface area contributed by atoms with E-state index in [0.29, 0.717) is 0 Å². The third kappa shape index (κ3) is 5.01. The number of carbonyl (C=O) groups excluding carboxylic acids is 1. The average Bonchev–Trinajstić information content (AvgIpc) is 2.61. The van der Waals surface area contributed by atoms with E-state index >= 15 is 0 Å². The van der Waals surface area contributed by atoms with Crippen LogP contribution in [0.3, 0.4) is 0 Å². The van der Waals surface area contributed by atoms with Crippen molar-refractivity contribution in [3.05, 3.63) is 52.5 Å². The molecule has 0 unspecified atom stereocenters. The lowest BCUT2D eigenvalue weighted by Crippen LogP contribution is -2.34. The monoisotopic (exact) mass is 418 g/mol. The third-order valence-corrected chi connectivity index (χ3v) is 3.96. The predicted molar refractivity (Wildman–Crippen MR) is 99.7 cm³/mol. The maximum atomic E-state index is 12.8. The minimum Gasteiger partial charge on any atom is -0.496 e. The van der Waals surface area contributed by atoms with Gasteiger partial charge in [-0.25, -0.2) is 0 Å². The molecule has 0 spiro atoms. The fourth-order valence-electron chi connectivity index (χ4n) is 2.19. The van der Waals surface area contributed by atoms with Crippen LogP contribution in [0.5, 0.6) is 11.5 Å². The molecule has 2 aromatic carbocycles. The molecule has 2 N–H and O–H groups in total. The summed E-state index contributed by atoms with van der Waals surface area (Å²) in [5, 5.41) is 4.61. The number of anilines is 1. The Balaban J connectivity index is 2.21. The zero-order valence-electron chi connectivity index (χ0n) is 14.1. The molecule has 0 saturated heterocycles. The van der Waals surface area contributed by atoms with Gasteiger partial charge in [-0.2, -0.15) is 13.2 Å². The molecule has 0 aliphatic rings. The second kappa shape index (κ2) is 8.45. The molecule has 10 heteroatoms. The lowest BCUT2D eigenvalue weighted by Gasteiger charge is -2.15. The van der Waals surface area contributed by atoms with Gasteiger partial charge in [-0.1, -0.05) is 17.7 Å². The zero-order chi connectivity index (χ0) is 20.2. The Bertz CT molecular complexity index is 853. The second-order valence-electron chi connectivity index (χ2n) is 5.14. The van der Waals surface area contributed by atoms with Gasteiger partial charge < -0.3 is 14.8 Å². The second-order valence-corrected chi connectivity index (χ2v) is 5.95. The number of methoxy groups -OCH3 is 2. The SMILES string of the molecule is COc1cccc(OC)c1C(=O)NC(=S)Nc1cc(C(F)(F)F)ccc1Cl. The highest BCUT2D eigenvalue weighted by atomic mass is 35.5. The average molecular weight is 419 g/mol. The van der Waals surface area contributed by atoms with Gasteiger partial charge in [0, 0.05) is 0 Å². The summed E-state index contributed by atoms with van der Waals surface area (Å²) < 4.78 is 48.8. The molecular formula is C17H14ClF3N2O3S. The molecule has 144 valence electrons. The number of alkyl halides is 3. The number of halogens is 4. The number of rotatable bonds is 4. The number of nitrogens with one attached hydrogen (secondary N) is 2. The largest absolute Gasteiger partial charge is 0.496 e. The van der Waals surface area contributed by atoms with Gasteiger partial charge in [-0.15, -0.1) is 0 Å². The van der Waals surface area contributed by atoms with E-state index in [4.69, 9.17) is 33.3 Å². The van der Waals surface area contributed by atoms with Crippen LogP contribution in [-0.2, 0) is 6.18 Å². The van der Waals surface area contributed by atoms with E-state index in [1.54, 1.807) is 18.2 Å². The van der Waals surface area contributed by atoms with Gasteiger partial charge >= 0.3 is 6.18 Å². The molecule has 0 fully saturated rings. The standard InChI is InChI=1S/C17H14ClF3N2O3S/c1-25-12-4-3-5-13(26-2)14(12)15(24)23-16(27)22-11-8-9(17(19,20)21)6-7-10(11)18/h3-8H,1-2H3,(H2,22,23,24,27). The fourth-order valence-corrected chi connectivity index (χ4v) is 2.56. The van der Waals surface area contributed by atoms with Crippen molar-refractivity contribution in [2.45, 2.75) is 6.18 Å². The summed E-state index contributed by atoms with van der Waals surface area (Å²) in [6, 6.07) is 7.46. The quantitative estimate of drug-likeness (QED) is 0.716. The molecule has 0 atom stereocenters. The Labute approximate surface area is 163 Å². The number of ether oxygens (including phenoxy) is 2. The predicted octanol–water partition coefficient (Wildman–Crippen LogP) is 4.50. The van der Waals surface area contributed by atoms with E-state index in [0.717, 1.165) is 18.2 Å². The van der Waals surface area contributed by atoms with E-state index in [2.05, 4.69) is 10.6 Å². The van der Waals surface area contributed by atoms with Crippen LogP contribution in [0.2, 0.25) is 5.02 Å². The van der Waals surface area contributed by atoms with Gasteiger partial charge in [0.05, 0.1) is 30.5 Å². The van der Waals surface area contributed by atoms with E-state index in [1.165, 1.54) is 14.2 Å². The first-order chi connectivity index (χ1) is 12.7. The summed E-state index contributed by atoms with van der Waals surface area (Å²) in [5.74, 6) is -0.177. The number of amides is 1. The highest BCUT2D eigenvalue weighted by Gasteiger charge is 2.31. The minimum absolute atomic E-state index is 0.00877. The minimum atomic E-state index is -4.54. The van der Waals surface area contributed by atoms with Crippen LogP contribution in [0, 0.1) is 0 Å². The summed E-state index contributed by atoms with van der Waals surface area (Å²) in [5.41, 5.74) is -0.916. The Morgan fingerprint density at radius 1 is 1.11 bits per heavy atom. The molecule has 0 radical (unpaired) electrons. The van der Waals surface area contributed by atoms with Crippen LogP contribution in [-0.4, -0.2) is 25.2 Å². The summed E-state index contributed by atoms with van der Waals surface area (Å²) in [6.45, 7) is 0. The summed E-state index contributed by atoms with van der Waals surface area (Å²) >= 11 is 10.9. The van der Waals surface area contributed by atoms with Gasteiger partial charge in [0.2, 0.25) is 0 Å². The van der Waals surface area contributed by atoms with Crippen LogP contribution in [0.1, 0.15) is 15.9 Å². The Hall–Kier alpha value is -2.52. The summed E-state index contributed by atoms with van der Waals surface area (Å²) in [4.78, 5) is 12.5. The molecule has 1 amide bonds. The Kier molecular flexibility index (Phi) is 6.50. The Morgan fingerprint density at radius 3 is 2.22 bits per heavy atom. The molecule has 2 aromatic rings. The molecule has 0 bridgehead atoms. The lowest BCUT2D eigenvalue weighted by atomic mass is 10.1. The van der Waals surface area contributed by atoms with Crippen molar-refractivity contribution < 1.29 is 27.4 Å². The van der Waals surface area contributed by atoms with E-state index in [1.807, 2.05) is 0 Å². The molecule has 2 rings (SSSR count). The van der Waals surface area contributed by atoms with E-state index in [-0.39, 0.29) is 32.9 Å². The van der Waals surface area contributed by atoms with Crippen molar-refractivity contribution in [1.29, 1.82) is 0 Å². The van der Waals surface area contributed by atoms with Gasteiger partial charge in [-0.3, -0.25) is 10.1 Å². The maximum absolute atomic E-state index is 12.8. The lowest BCUT2D eigenvalue weighted by molar-refractivity contribution is -0.137. The topological polar surface area (TPSA) is 59.6 Å². The van der Waals surface area contributed by atoms with Crippen LogP contribution >= 0.6 is 23.8 Å². The van der Waals surface area contributed by atoms with Gasteiger partial charge in [0.25, 0.3) is 5.91 Å². The van der Waals surface area contributed by atoms with Gasteiger partial charge in [0.15, 0.2) is 5.11 Å². The van der Waals surface area contributed by atoms with Crippen LogP contribution < -0.4 is 20.1 Å². The van der Waals surface area contributed by atoms with Crippen LogP contribution in [0.25, 0.3) is 0 Å². The first kappa shape index (κ1) is 20.8.